The number of amides is 1. The number of hydrazine groups is 1. The number of carbonyl (C=O) groups is 1. The van der Waals surface area contributed by atoms with Crippen molar-refractivity contribution >= 4 is 5.91 Å². The van der Waals surface area contributed by atoms with E-state index < -0.39 is 0 Å². The topological polar surface area (TPSA) is 41.1 Å². The highest BCUT2D eigenvalue weighted by molar-refractivity contribution is 5.75. The number of nitrogens with one attached hydrogen (secondary N) is 2. The molecule has 90 valence electrons. The Morgan fingerprint density at radius 3 is 2.47 bits per heavy atom. The van der Waals surface area contributed by atoms with E-state index in [1.54, 1.807) is 7.05 Å². The number of hydrogen-bond acceptors (Lipinski definition) is 2. The van der Waals surface area contributed by atoms with Crippen LogP contribution in [-0.2, 0) is 4.79 Å². The van der Waals surface area contributed by atoms with Crippen LogP contribution in [0.4, 0.5) is 0 Å². The largest absolute Gasteiger partial charge is 0.292 e. The SMILES string of the molecule is CCCCCCC(CC)CC(=O)NNC. The summed E-state index contributed by atoms with van der Waals surface area (Å²) < 4.78 is 0. The highest BCUT2D eigenvalue weighted by Gasteiger charge is 2.10. The lowest BCUT2D eigenvalue weighted by molar-refractivity contribution is -0.122. The van der Waals surface area contributed by atoms with Gasteiger partial charge in [0.1, 0.15) is 0 Å². The van der Waals surface area contributed by atoms with E-state index in [9.17, 15) is 4.79 Å². The Bertz CT molecular complexity index is 160. The summed E-state index contributed by atoms with van der Waals surface area (Å²) in [7, 11) is 1.72. The average Bonchev–Trinajstić information content (AvgIpc) is 2.23. The van der Waals surface area contributed by atoms with E-state index in [1.807, 2.05) is 0 Å². The third-order valence-electron chi connectivity index (χ3n) is 2.78. The zero-order valence-corrected chi connectivity index (χ0v) is 10.4. The molecule has 0 bridgehead atoms. The highest BCUT2D eigenvalue weighted by Crippen LogP contribution is 2.17. The predicted molar refractivity (Wildman–Crippen MR) is 64.4 cm³/mol. The number of unbranched alkanes of at least 4 members (excludes halogenated alkanes) is 3. The van der Waals surface area contributed by atoms with Crippen molar-refractivity contribution in [1.82, 2.24) is 10.9 Å². The summed E-state index contributed by atoms with van der Waals surface area (Å²) in [4.78, 5) is 11.3. The van der Waals surface area contributed by atoms with E-state index in [0.717, 1.165) is 6.42 Å². The molecule has 0 aliphatic carbocycles. The minimum Gasteiger partial charge on any atom is -0.292 e. The maximum Gasteiger partial charge on any atom is 0.234 e. The maximum absolute atomic E-state index is 11.3. The first-order valence-electron chi connectivity index (χ1n) is 6.20. The van der Waals surface area contributed by atoms with E-state index >= 15 is 0 Å². The van der Waals surface area contributed by atoms with Crippen LogP contribution in [0.15, 0.2) is 0 Å². The fourth-order valence-corrected chi connectivity index (χ4v) is 1.76. The van der Waals surface area contributed by atoms with Gasteiger partial charge in [0.15, 0.2) is 0 Å². The zero-order chi connectivity index (χ0) is 11.5. The average molecular weight is 214 g/mol. The van der Waals surface area contributed by atoms with Crippen LogP contribution in [0.5, 0.6) is 0 Å². The molecule has 0 aromatic heterocycles. The van der Waals surface area contributed by atoms with Gasteiger partial charge < -0.3 is 0 Å². The van der Waals surface area contributed by atoms with Crippen LogP contribution in [0.1, 0.15) is 58.8 Å². The predicted octanol–water partition coefficient (Wildman–Crippen LogP) is 2.62. The molecule has 0 radical (unpaired) electrons. The quantitative estimate of drug-likeness (QED) is 0.457. The zero-order valence-electron chi connectivity index (χ0n) is 10.4. The minimum atomic E-state index is 0.111. The summed E-state index contributed by atoms with van der Waals surface area (Å²) in [5.74, 6) is 0.662. The smallest absolute Gasteiger partial charge is 0.234 e. The molecule has 1 unspecified atom stereocenters. The third-order valence-corrected chi connectivity index (χ3v) is 2.78. The molecule has 0 saturated heterocycles. The molecule has 0 aliphatic heterocycles. The molecule has 2 N–H and O–H groups in total. The second kappa shape index (κ2) is 9.97. The molecule has 0 aromatic carbocycles. The number of hydrogen-bond donors (Lipinski definition) is 2. The van der Waals surface area contributed by atoms with Gasteiger partial charge in [-0.1, -0.05) is 46.0 Å². The Balaban J connectivity index is 3.58. The lowest BCUT2D eigenvalue weighted by atomic mass is 9.95. The second-order valence-electron chi connectivity index (χ2n) is 4.13. The van der Waals surface area contributed by atoms with Crippen LogP contribution in [0, 0.1) is 5.92 Å². The molecule has 0 rings (SSSR count). The monoisotopic (exact) mass is 214 g/mol. The molecule has 3 nitrogen and oxygen atoms in total. The summed E-state index contributed by atoms with van der Waals surface area (Å²) >= 11 is 0. The lowest BCUT2D eigenvalue weighted by Gasteiger charge is -2.13. The Labute approximate surface area is 94.0 Å². The van der Waals surface area contributed by atoms with Gasteiger partial charge in [0, 0.05) is 13.5 Å². The maximum atomic E-state index is 11.3. The molecule has 15 heavy (non-hydrogen) atoms. The summed E-state index contributed by atoms with van der Waals surface area (Å²) in [6.07, 6.45) is 8.11. The van der Waals surface area contributed by atoms with E-state index in [2.05, 4.69) is 24.7 Å². The lowest BCUT2D eigenvalue weighted by Crippen LogP contribution is -2.35. The fraction of sp³-hybridized carbons (Fsp3) is 0.917. The van der Waals surface area contributed by atoms with Crippen molar-refractivity contribution in [3.8, 4) is 0 Å². The minimum absolute atomic E-state index is 0.111. The van der Waals surface area contributed by atoms with Crippen LogP contribution >= 0.6 is 0 Å². The van der Waals surface area contributed by atoms with E-state index in [-0.39, 0.29) is 5.91 Å². The van der Waals surface area contributed by atoms with Crippen molar-refractivity contribution in [3.63, 3.8) is 0 Å². The standard InChI is InChI=1S/C12H26N2O/c1-4-6-7-8-9-11(5-2)10-12(15)14-13-3/h11,13H,4-10H2,1-3H3,(H,14,15). The molecule has 0 spiro atoms. The van der Waals surface area contributed by atoms with Crippen LogP contribution in [0.3, 0.4) is 0 Å². The van der Waals surface area contributed by atoms with E-state index in [0.29, 0.717) is 12.3 Å². The second-order valence-corrected chi connectivity index (χ2v) is 4.13. The van der Waals surface area contributed by atoms with Crippen molar-refractivity contribution in [1.29, 1.82) is 0 Å². The van der Waals surface area contributed by atoms with Crippen LogP contribution in [-0.4, -0.2) is 13.0 Å². The van der Waals surface area contributed by atoms with Gasteiger partial charge in [0.05, 0.1) is 0 Å². The Morgan fingerprint density at radius 1 is 1.20 bits per heavy atom. The Morgan fingerprint density at radius 2 is 1.93 bits per heavy atom. The van der Waals surface area contributed by atoms with E-state index in [4.69, 9.17) is 0 Å². The van der Waals surface area contributed by atoms with Crippen molar-refractivity contribution < 1.29 is 4.79 Å². The molecule has 3 heteroatoms. The van der Waals surface area contributed by atoms with Gasteiger partial charge in [0.2, 0.25) is 5.91 Å². The number of rotatable bonds is 9. The van der Waals surface area contributed by atoms with Gasteiger partial charge in [-0.15, -0.1) is 0 Å². The fourth-order valence-electron chi connectivity index (χ4n) is 1.76. The molecule has 1 atom stereocenters. The molecule has 0 saturated carbocycles. The molecule has 0 aromatic rings. The van der Waals surface area contributed by atoms with Gasteiger partial charge in [-0.05, 0) is 12.3 Å². The van der Waals surface area contributed by atoms with Crippen molar-refractivity contribution in [2.75, 3.05) is 7.05 Å². The first kappa shape index (κ1) is 14.4. The first-order valence-corrected chi connectivity index (χ1v) is 6.20. The summed E-state index contributed by atoms with van der Waals surface area (Å²) in [5, 5.41) is 0. The van der Waals surface area contributed by atoms with Crippen molar-refractivity contribution in [2.45, 2.75) is 58.8 Å². The van der Waals surface area contributed by atoms with Crippen LogP contribution in [0.25, 0.3) is 0 Å². The van der Waals surface area contributed by atoms with Gasteiger partial charge in [0.25, 0.3) is 0 Å². The number of carbonyl (C=O) groups excluding carboxylic acids is 1. The Hall–Kier alpha value is -0.570. The van der Waals surface area contributed by atoms with Gasteiger partial charge in [-0.25, -0.2) is 5.43 Å². The third kappa shape index (κ3) is 8.43. The summed E-state index contributed by atoms with van der Waals surface area (Å²) in [5.41, 5.74) is 5.30. The Kier molecular flexibility index (Phi) is 9.59. The molecule has 0 aliphatic rings. The van der Waals surface area contributed by atoms with Crippen molar-refractivity contribution in [3.05, 3.63) is 0 Å². The summed E-state index contributed by atoms with van der Waals surface area (Å²) in [6, 6.07) is 0. The normalized spacial score (nSPS) is 12.5. The van der Waals surface area contributed by atoms with Crippen molar-refractivity contribution in [2.24, 2.45) is 5.92 Å². The molecular formula is C12H26N2O. The van der Waals surface area contributed by atoms with Crippen LogP contribution < -0.4 is 10.9 Å². The van der Waals surface area contributed by atoms with Gasteiger partial charge >= 0.3 is 0 Å². The van der Waals surface area contributed by atoms with Crippen LogP contribution in [0.2, 0.25) is 0 Å². The molecule has 0 heterocycles. The summed E-state index contributed by atoms with van der Waals surface area (Å²) in [6.45, 7) is 4.38. The van der Waals surface area contributed by atoms with E-state index in [1.165, 1.54) is 32.1 Å². The molecule has 0 fully saturated rings. The highest BCUT2D eigenvalue weighted by atomic mass is 16.2. The molecule has 1 amide bonds. The first-order chi connectivity index (χ1) is 7.24. The van der Waals surface area contributed by atoms with Gasteiger partial charge in [-0.3, -0.25) is 10.2 Å². The molecular weight excluding hydrogens is 188 g/mol. The van der Waals surface area contributed by atoms with Gasteiger partial charge in [-0.2, -0.15) is 0 Å².